The number of rotatable bonds is 5. The van der Waals surface area contributed by atoms with Crippen LogP contribution in [0.15, 0.2) is 48.8 Å². The third-order valence-electron chi connectivity index (χ3n) is 3.04. The number of ether oxygens (including phenoxy) is 1. The number of hydrogen-bond acceptors (Lipinski definition) is 5. The Labute approximate surface area is 135 Å². The van der Waals surface area contributed by atoms with Crippen LogP contribution in [0.5, 0.6) is 5.75 Å². The van der Waals surface area contributed by atoms with Crippen LogP contribution in [-0.4, -0.2) is 31.2 Å². The molecule has 116 valence electrons. The average Bonchev–Trinajstić information content (AvgIpc) is 3.07. The summed E-state index contributed by atoms with van der Waals surface area (Å²) in [4.78, 5) is 19.6. The Bertz CT molecular complexity index is 823. The largest absolute Gasteiger partial charge is 0.478 e. The zero-order valence-corrected chi connectivity index (χ0v) is 12.4. The fourth-order valence-electron chi connectivity index (χ4n) is 2.03. The van der Waals surface area contributed by atoms with Crippen molar-refractivity contribution in [3.05, 3.63) is 71.0 Å². The highest BCUT2D eigenvalue weighted by Crippen LogP contribution is 2.28. The van der Waals surface area contributed by atoms with Crippen LogP contribution in [-0.2, 0) is 0 Å². The van der Waals surface area contributed by atoms with Gasteiger partial charge in [0.05, 0.1) is 5.69 Å². The lowest BCUT2D eigenvalue weighted by Crippen LogP contribution is -2.15. The molecule has 8 heteroatoms. The number of aromatic carboxylic acids is 1. The Balaban J connectivity index is 2.03. The molecule has 2 aromatic heterocycles. The Morgan fingerprint density at radius 3 is 2.74 bits per heavy atom. The second-order valence-electron chi connectivity index (χ2n) is 4.54. The molecule has 0 spiro atoms. The molecule has 1 aromatic carbocycles. The van der Waals surface area contributed by atoms with Crippen molar-refractivity contribution in [2.24, 2.45) is 0 Å². The van der Waals surface area contributed by atoms with Gasteiger partial charge in [-0.2, -0.15) is 5.10 Å². The summed E-state index contributed by atoms with van der Waals surface area (Å²) in [6.45, 7) is 0. The van der Waals surface area contributed by atoms with Gasteiger partial charge in [-0.05, 0) is 24.3 Å². The monoisotopic (exact) mass is 330 g/mol. The van der Waals surface area contributed by atoms with Crippen LogP contribution < -0.4 is 4.74 Å². The average molecular weight is 331 g/mol. The van der Waals surface area contributed by atoms with Gasteiger partial charge in [-0.15, -0.1) is 0 Å². The lowest BCUT2D eigenvalue weighted by molar-refractivity contribution is 0.0690. The van der Waals surface area contributed by atoms with Gasteiger partial charge in [0.15, 0.2) is 5.82 Å². The van der Waals surface area contributed by atoms with Crippen LogP contribution in [0, 0.1) is 0 Å². The third kappa shape index (κ3) is 3.29. The summed E-state index contributed by atoms with van der Waals surface area (Å²) in [5.41, 5.74) is 0.507. The van der Waals surface area contributed by atoms with E-state index in [0.717, 1.165) is 0 Å². The maximum Gasteiger partial charge on any atom is 0.339 e. The van der Waals surface area contributed by atoms with Gasteiger partial charge in [-0.3, -0.25) is 5.10 Å². The first kappa shape index (κ1) is 15.0. The van der Waals surface area contributed by atoms with Gasteiger partial charge < -0.3 is 9.84 Å². The minimum Gasteiger partial charge on any atom is -0.478 e. The molecule has 0 aliphatic heterocycles. The first-order valence-electron chi connectivity index (χ1n) is 6.62. The van der Waals surface area contributed by atoms with Crippen molar-refractivity contribution in [3.63, 3.8) is 0 Å². The number of nitrogens with zero attached hydrogens (tertiary/aromatic N) is 3. The van der Waals surface area contributed by atoms with Crippen molar-refractivity contribution in [1.29, 1.82) is 0 Å². The molecule has 2 heterocycles. The highest BCUT2D eigenvalue weighted by atomic mass is 35.5. The van der Waals surface area contributed by atoms with Gasteiger partial charge in [-0.25, -0.2) is 14.8 Å². The van der Waals surface area contributed by atoms with Crippen LogP contribution in [0.1, 0.15) is 28.0 Å². The Kier molecular flexibility index (Phi) is 4.20. The third-order valence-corrected chi connectivity index (χ3v) is 3.25. The van der Waals surface area contributed by atoms with Gasteiger partial charge >= 0.3 is 5.97 Å². The quantitative estimate of drug-likeness (QED) is 0.697. The van der Waals surface area contributed by atoms with Crippen LogP contribution in [0.2, 0.25) is 5.15 Å². The van der Waals surface area contributed by atoms with E-state index in [1.807, 2.05) is 0 Å². The van der Waals surface area contributed by atoms with Crippen molar-refractivity contribution < 1.29 is 14.6 Å². The molecule has 1 atom stereocenters. The van der Waals surface area contributed by atoms with Crippen molar-refractivity contribution in [2.45, 2.75) is 6.10 Å². The van der Waals surface area contributed by atoms with E-state index in [1.54, 1.807) is 36.4 Å². The molecule has 0 amide bonds. The molecule has 3 aromatic rings. The second kappa shape index (κ2) is 6.45. The number of H-pyrrole nitrogens is 1. The Morgan fingerprint density at radius 2 is 2.04 bits per heavy atom. The maximum absolute atomic E-state index is 11.3. The van der Waals surface area contributed by atoms with E-state index in [0.29, 0.717) is 11.5 Å². The Morgan fingerprint density at radius 1 is 1.22 bits per heavy atom. The molecular weight excluding hydrogens is 320 g/mol. The van der Waals surface area contributed by atoms with Crippen molar-refractivity contribution in [2.75, 3.05) is 0 Å². The number of carbonyl (C=O) groups is 1. The standard InChI is InChI=1S/C15H11ClN4O3/c16-12-7-3-5-10(19-12)13(14-17-8-18-20-14)23-11-6-2-1-4-9(11)15(21)22/h1-8,13H,(H,21,22)(H,17,18,20). The molecule has 0 aliphatic rings. The van der Waals surface area contributed by atoms with E-state index < -0.39 is 12.1 Å². The number of para-hydroxylation sites is 1. The van der Waals surface area contributed by atoms with E-state index in [2.05, 4.69) is 20.2 Å². The number of benzene rings is 1. The summed E-state index contributed by atoms with van der Waals surface area (Å²) >= 11 is 5.93. The lowest BCUT2D eigenvalue weighted by atomic mass is 10.2. The number of aromatic nitrogens is 4. The van der Waals surface area contributed by atoms with E-state index in [9.17, 15) is 9.90 Å². The molecule has 3 rings (SSSR count). The van der Waals surface area contributed by atoms with E-state index in [4.69, 9.17) is 16.3 Å². The number of halogens is 1. The molecule has 0 radical (unpaired) electrons. The first-order chi connectivity index (χ1) is 11.1. The smallest absolute Gasteiger partial charge is 0.339 e. The molecule has 23 heavy (non-hydrogen) atoms. The first-order valence-corrected chi connectivity index (χ1v) is 7.00. The maximum atomic E-state index is 11.3. The molecule has 0 saturated heterocycles. The van der Waals surface area contributed by atoms with Crippen molar-refractivity contribution >= 4 is 17.6 Å². The minimum absolute atomic E-state index is 0.0371. The summed E-state index contributed by atoms with van der Waals surface area (Å²) in [5.74, 6) is -0.579. The molecule has 0 aliphatic carbocycles. The number of nitrogens with one attached hydrogen (secondary N) is 1. The van der Waals surface area contributed by atoms with Crippen LogP contribution in [0.25, 0.3) is 0 Å². The van der Waals surface area contributed by atoms with Crippen LogP contribution in [0.4, 0.5) is 0 Å². The second-order valence-corrected chi connectivity index (χ2v) is 4.93. The number of carboxylic acids is 1. The summed E-state index contributed by atoms with van der Waals surface area (Å²) in [5, 5.41) is 16.2. The SMILES string of the molecule is O=C(O)c1ccccc1OC(c1cccc(Cl)n1)c1nc[nH]n1. The normalized spacial score (nSPS) is 11.9. The van der Waals surface area contributed by atoms with Crippen molar-refractivity contribution in [1.82, 2.24) is 20.2 Å². The fraction of sp³-hybridized carbons (Fsp3) is 0.0667. The molecule has 0 fully saturated rings. The number of aromatic amines is 1. The highest BCUT2D eigenvalue weighted by molar-refractivity contribution is 6.29. The fourth-order valence-corrected chi connectivity index (χ4v) is 2.20. The van der Waals surface area contributed by atoms with E-state index in [-0.39, 0.29) is 16.5 Å². The summed E-state index contributed by atoms with van der Waals surface area (Å²) in [6.07, 6.45) is 0.611. The zero-order valence-electron chi connectivity index (χ0n) is 11.7. The Hall–Kier alpha value is -2.93. The number of pyridine rings is 1. The molecule has 7 nitrogen and oxygen atoms in total. The predicted octanol–water partition coefficient (Wildman–Crippen LogP) is 2.72. The zero-order chi connectivity index (χ0) is 16.2. The topological polar surface area (TPSA) is 101 Å². The van der Waals surface area contributed by atoms with Gasteiger partial charge in [0.1, 0.15) is 22.8 Å². The molecule has 0 saturated carbocycles. The van der Waals surface area contributed by atoms with Crippen molar-refractivity contribution in [3.8, 4) is 5.75 Å². The molecule has 0 bridgehead atoms. The highest BCUT2D eigenvalue weighted by Gasteiger charge is 2.24. The van der Waals surface area contributed by atoms with Crippen LogP contribution >= 0.6 is 11.6 Å². The van der Waals surface area contributed by atoms with Gasteiger partial charge in [0.2, 0.25) is 6.10 Å². The predicted molar refractivity (Wildman–Crippen MR) is 81.5 cm³/mol. The summed E-state index contributed by atoms with van der Waals surface area (Å²) in [6, 6.07) is 11.4. The summed E-state index contributed by atoms with van der Waals surface area (Å²) in [7, 11) is 0. The van der Waals surface area contributed by atoms with Gasteiger partial charge in [-0.1, -0.05) is 29.8 Å². The molecule has 2 N–H and O–H groups in total. The molecular formula is C15H11ClN4O3. The summed E-state index contributed by atoms with van der Waals surface area (Å²) < 4.78 is 5.85. The van der Waals surface area contributed by atoms with Gasteiger partial charge in [0.25, 0.3) is 0 Å². The van der Waals surface area contributed by atoms with E-state index >= 15 is 0 Å². The number of hydrogen-bond donors (Lipinski definition) is 2. The van der Waals surface area contributed by atoms with E-state index in [1.165, 1.54) is 12.4 Å². The molecule has 1 unspecified atom stereocenters. The lowest BCUT2D eigenvalue weighted by Gasteiger charge is -2.17. The van der Waals surface area contributed by atoms with Crippen LogP contribution in [0.3, 0.4) is 0 Å². The number of carboxylic acid groups (broad SMARTS) is 1. The minimum atomic E-state index is -1.09. The van der Waals surface area contributed by atoms with Gasteiger partial charge in [0, 0.05) is 0 Å².